The van der Waals surface area contributed by atoms with Crippen LogP contribution in [0.4, 0.5) is 11.9 Å². The lowest BCUT2D eigenvalue weighted by atomic mass is 10.2. The third-order valence-corrected chi connectivity index (χ3v) is 4.35. The van der Waals surface area contributed by atoms with Crippen LogP contribution in [0.1, 0.15) is 41.0 Å². The van der Waals surface area contributed by atoms with Gasteiger partial charge in [0.2, 0.25) is 11.9 Å². The zero-order valence-corrected chi connectivity index (χ0v) is 14.1. The van der Waals surface area contributed by atoms with Crippen molar-refractivity contribution in [3.63, 3.8) is 0 Å². The summed E-state index contributed by atoms with van der Waals surface area (Å²) in [5, 5.41) is 4.01. The quantitative estimate of drug-likeness (QED) is 0.706. The molecule has 1 aromatic heterocycles. The molecular formula is C14H27N5S. The third kappa shape index (κ3) is 5.15. The van der Waals surface area contributed by atoms with Crippen molar-refractivity contribution in [2.24, 2.45) is 5.92 Å². The van der Waals surface area contributed by atoms with Gasteiger partial charge in [-0.3, -0.25) is 0 Å². The predicted octanol–water partition coefficient (Wildman–Crippen LogP) is 3.29. The molecule has 1 heterocycles. The summed E-state index contributed by atoms with van der Waals surface area (Å²) in [6.45, 7) is 13.4. The first-order valence-corrected chi connectivity index (χ1v) is 8.50. The topological polar surface area (TPSA) is 53.9 Å². The van der Waals surface area contributed by atoms with Gasteiger partial charge in [0.25, 0.3) is 0 Å². The molecule has 0 bridgehead atoms. The maximum absolute atomic E-state index is 4.59. The van der Waals surface area contributed by atoms with Crippen molar-refractivity contribution in [3.8, 4) is 0 Å². The highest BCUT2D eigenvalue weighted by atomic mass is 32.2. The second-order valence-electron chi connectivity index (χ2n) is 4.77. The Morgan fingerprint density at radius 1 is 1.10 bits per heavy atom. The smallest absolute Gasteiger partial charge is 0.231 e. The SMILES string of the molecule is CCNc1nc(SCC(C)CC)nc(N(CC)CC)n1. The number of hydrogen-bond donors (Lipinski definition) is 1. The zero-order chi connectivity index (χ0) is 15.0. The molecule has 114 valence electrons. The van der Waals surface area contributed by atoms with Crippen molar-refractivity contribution in [1.82, 2.24) is 15.0 Å². The summed E-state index contributed by atoms with van der Waals surface area (Å²) in [6.07, 6.45) is 1.18. The number of nitrogens with one attached hydrogen (secondary N) is 1. The van der Waals surface area contributed by atoms with Crippen LogP contribution in [0.3, 0.4) is 0 Å². The van der Waals surface area contributed by atoms with Gasteiger partial charge in [0, 0.05) is 25.4 Å². The molecule has 0 saturated heterocycles. The third-order valence-electron chi connectivity index (χ3n) is 3.18. The molecule has 20 heavy (non-hydrogen) atoms. The van der Waals surface area contributed by atoms with E-state index < -0.39 is 0 Å². The van der Waals surface area contributed by atoms with Crippen molar-refractivity contribution in [2.75, 3.05) is 35.6 Å². The van der Waals surface area contributed by atoms with E-state index in [1.807, 2.05) is 6.92 Å². The molecule has 1 atom stereocenters. The highest BCUT2D eigenvalue weighted by molar-refractivity contribution is 7.99. The van der Waals surface area contributed by atoms with Gasteiger partial charge in [0.05, 0.1) is 0 Å². The van der Waals surface area contributed by atoms with Gasteiger partial charge in [-0.05, 0) is 26.7 Å². The van der Waals surface area contributed by atoms with Crippen LogP contribution in [0.25, 0.3) is 0 Å². The van der Waals surface area contributed by atoms with E-state index in [1.54, 1.807) is 11.8 Å². The van der Waals surface area contributed by atoms with Crippen LogP contribution in [0, 0.1) is 5.92 Å². The van der Waals surface area contributed by atoms with Crippen LogP contribution in [0.15, 0.2) is 5.16 Å². The molecule has 1 rings (SSSR count). The van der Waals surface area contributed by atoms with Crippen LogP contribution in [-0.2, 0) is 0 Å². The minimum Gasteiger partial charge on any atom is -0.354 e. The van der Waals surface area contributed by atoms with E-state index in [0.29, 0.717) is 11.9 Å². The first-order chi connectivity index (χ1) is 9.64. The van der Waals surface area contributed by atoms with Crippen molar-refractivity contribution < 1.29 is 0 Å². The molecule has 1 N–H and O–H groups in total. The Morgan fingerprint density at radius 2 is 1.80 bits per heavy atom. The Hall–Kier alpha value is -1.04. The maximum atomic E-state index is 4.59. The highest BCUT2D eigenvalue weighted by Crippen LogP contribution is 2.21. The van der Waals surface area contributed by atoms with Crippen molar-refractivity contribution in [1.29, 1.82) is 0 Å². The Bertz CT molecular complexity index is 395. The molecule has 0 fully saturated rings. The van der Waals surface area contributed by atoms with E-state index in [0.717, 1.165) is 36.5 Å². The second-order valence-corrected chi connectivity index (χ2v) is 5.76. The Labute approximate surface area is 127 Å². The number of nitrogens with zero attached hydrogens (tertiary/aromatic N) is 4. The molecule has 0 aliphatic carbocycles. The average molecular weight is 297 g/mol. The summed E-state index contributed by atoms with van der Waals surface area (Å²) in [5.41, 5.74) is 0. The lowest BCUT2D eigenvalue weighted by Gasteiger charge is -2.19. The van der Waals surface area contributed by atoms with Crippen LogP contribution < -0.4 is 10.2 Å². The van der Waals surface area contributed by atoms with Crippen LogP contribution >= 0.6 is 11.8 Å². The second kappa shape index (κ2) is 9.00. The molecule has 1 unspecified atom stereocenters. The Kier molecular flexibility index (Phi) is 7.65. The molecule has 5 nitrogen and oxygen atoms in total. The lowest BCUT2D eigenvalue weighted by molar-refractivity contribution is 0.635. The normalized spacial score (nSPS) is 12.2. The summed E-state index contributed by atoms with van der Waals surface area (Å²) in [5.74, 6) is 3.17. The van der Waals surface area contributed by atoms with Gasteiger partial charge in [-0.2, -0.15) is 15.0 Å². The van der Waals surface area contributed by atoms with Crippen molar-refractivity contribution >= 4 is 23.7 Å². The first-order valence-electron chi connectivity index (χ1n) is 7.52. The average Bonchev–Trinajstić information content (AvgIpc) is 2.46. The van der Waals surface area contributed by atoms with Crippen molar-refractivity contribution in [3.05, 3.63) is 0 Å². The van der Waals surface area contributed by atoms with E-state index >= 15 is 0 Å². The standard InChI is InChI=1S/C14H27N5S/c1-6-11(5)10-20-14-17-12(15-7-2)16-13(18-14)19(8-3)9-4/h11H,6-10H2,1-5H3,(H,15,16,17,18). The molecule has 0 aliphatic heterocycles. The molecule has 6 heteroatoms. The summed E-state index contributed by atoms with van der Waals surface area (Å²) in [4.78, 5) is 15.7. The molecule has 0 radical (unpaired) electrons. The fraction of sp³-hybridized carbons (Fsp3) is 0.786. The number of thioether (sulfide) groups is 1. The van der Waals surface area contributed by atoms with Crippen LogP contribution in [-0.4, -0.2) is 40.3 Å². The molecule has 0 aliphatic rings. The fourth-order valence-corrected chi connectivity index (χ4v) is 2.60. The van der Waals surface area contributed by atoms with Gasteiger partial charge < -0.3 is 10.2 Å². The molecule has 0 aromatic carbocycles. The highest BCUT2D eigenvalue weighted by Gasteiger charge is 2.12. The Balaban J connectivity index is 2.91. The van der Waals surface area contributed by atoms with Crippen molar-refractivity contribution in [2.45, 2.75) is 46.2 Å². The van der Waals surface area contributed by atoms with E-state index in [9.17, 15) is 0 Å². The van der Waals surface area contributed by atoms with E-state index in [4.69, 9.17) is 0 Å². The number of aromatic nitrogens is 3. The van der Waals surface area contributed by atoms with Gasteiger partial charge in [-0.1, -0.05) is 32.0 Å². The minimum atomic E-state index is 0.677. The lowest BCUT2D eigenvalue weighted by Crippen LogP contribution is -2.25. The summed E-state index contributed by atoms with van der Waals surface area (Å²) < 4.78 is 0. The summed E-state index contributed by atoms with van der Waals surface area (Å²) in [7, 11) is 0. The molecule has 0 saturated carbocycles. The Morgan fingerprint density at radius 3 is 2.35 bits per heavy atom. The van der Waals surface area contributed by atoms with Gasteiger partial charge in [-0.25, -0.2) is 0 Å². The zero-order valence-electron chi connectivity index (χ0n) is 13.3. The van der Waals surface area contributed by atoms with Gasteiger partial charge in [0.1, 0.15) is 0 Å². The van der Waals surface area contributed by atoms with Crippen LogP contribution in [0.5, 0.6) is 0 Å². The monoisotopic (exact) mass is 297 g/mol. The molecule has 0 amide bonds. The van der Waals surface area contributed by atoms with E-state index in [-0.39, 0.29) is 0 Å². The number of hydrogen-bond acceptors (Lipinski definition) is 6. The maximum Gasteiger partial charge on any atom is 0.231 e. The van der Waals surface area contributed by atoms with E-state index in [1.165, 1.54) is 6.42 Å². The number of rotatable bonds is 9. The summed E-state index contributed by atoms with van der Waals surface area (Å²) in [6, 6.07) is 0. The molecule has 1 aromatic rings. The van der Waals surface area contributed by atoms with E-state index in [2.05, 4.69) is 52.9 Å². The molecular weight excluding hydrogens is 270 g/mol. The van der Waals surface area contributed by atoms with Gasteiger partial charge >= 0.3 is 0 Å². The summed E-state index contributed by atoms with van der Waals surface area (Å²) >= 11 is 1.72. The van der Waals surface area contributed by atoms with Gasteiger partial charge in [0.15, 0.2) is 5.16 Å². The molecule has 0 spiro atoms. The van der Waals surface area contributed by atoms with Gasteiger partial charge in [-0.15, -0.1) is 0 Å². The fourth-order valence-electron chi connectivity index (χ4n) is 1.63. The first kappa shape index (κ1) is 17.0. The minimum absolute atomic E-state index is 0.677. The number of anilines is 2. The predicted molar refractivity (Wildman–Crippen MR) is 87.7 cm³/mol. The van der Waals surface area contributed by atoms with Crippen LogP contribution in [0.2, 0.25) is 0 Å². The largest absolute Gasteiger partial charge is 0.354 e.